The summed E-state index contributed by atoms with van der Waals surface area (Å²) < 4.78 is 5.84. The summed E-state index contributed by atoms with van der Waals surface area (Å²) in [5, 5.41) is 3.36. The summed E-state index contributed by atoms with van der Waals surface area (Å²) in [4.78, 5) is 8.29. The summed E-state index contributed by atoms with van der Waals surface area (Å²) in [6, 6.07) is 0. The molecule has 1 fully saturated rings. The van der Waals surface area contributed by atoms with E-state index in [1.807, 2.05) is 6.92 Å². The molecule has 1 saturated heterocycles. The van der Waals surface area contributed by atoms with Crippen molar-refractivity contribution < 1.29 is 4.74 Å². The van der Waals surface area contributed by atoms with Crippen molar-refractivity contribution in [1.82, 2.24) is 15.3 Å². The lowest BCUT2D eigenvalue weighted by Crippen LogP contribution is -2.30. The molecule has 2 rings (SSSR count). The van der Waals surface area contributed by atoms with Gasteiger partial charge >= 0.3 is 0 Å². The first-order valence-electron chi connectivity index (χ1n) is 5.94. The maximum absolute atomic E-state index is 5.84. The maximum atomic E-state index is 5.84. The van der Waals surface area contributed by atoms with Gasteiger partial charge in [0.2, 0.25) is 0 Å². The fourth-order valence-electron chi connectivity index (χ4n) is 1.93. The summed E-state index contributed by atoms with van der Waals surface area (Å²) in [5.41, 5.74) is 0.913. The monoisotopic (exact) mass is 221 g/mol. The standard InChI is InChI=1S/C12H19N3O/c1-10(12-8-14-6-7-15-12)16-9-11-2-4-13-5-3-11/h6-8,10-11,13H,2-5,9H2,1H3/t10-/m1/s1. The Balaban J connectivity index is 1.77. The van der Waals surface area contributed by atoms with Gasteiger partial charge in [0.15, 0.2) is 0 Å². The average molecular weight is 221 g/mol. The van der Waals surface area contributed by atoms with Crippen molar-refractivity contribution in [2.45, 2.75) is 25.9 Å². The van der Waals surface area contributed by atoms with Crippen molar-refractivity contribution in [2.75, 3.05) is 19.7 Å². The van der Waals surface area contributed by atoms with E-state index >= 15 is 0 Å². The van der Waals surface area contributed by atoms with Crippen LogP contribution in [-0.4, -0.2) is 29.7 Å². The van der Waals surface area contributed by atoms with Gasteiger partial charge in [0.1, 0.15) is 0 Å². The lowest BCUT2D eigenvalue weighted by atomic mass is 9.99. The zero-order valence-corrected chi connectivity index (χ0v) is 9.72. The van der Waals surface area contributed by atoms with Gasteiger partial charge in [0, 0.05) is 12.4 Å². The summed E-state index contributed by atoms with van der Waals surface area (Å²) in [5.74, 6) is 0.695. The zero-order valence-electron chi connectivity index (χ0n) is 9.72. The summed E-state index contributed by atoms with van der Waals surface area (Å²) in [6.07, 6.45) is 7.64. The van der Waals surface area contributed by atoms with Crippen LogP contribution in [0.1, 0.15) is 31.6 Å². The molecule has 2 heterocycles. The highest BCUT2D eigenvalue weighted by Gasteiger charge is 2.15. The van der Waals surface area contributed by atoms with E-state index in [0.29, 0.717) is 5.92 Å². The van der Waals surface area contributed by atoms with E-state index in [1.165, 1.54) is 12.8 Å². The molecule has 4 nitrogen and oxygen atoms in total. The Hall–Kier alpha value is -1.00. The quantitative estimate of drug-likeness (QED) is 0.838. The predicted molar refractivity (Wildman–Crippen MR) is 62.0 cm³/mol. The van der Waals surface area contributed by atoms with Crippen LogP contribution in [0, 0.1) is 5.92 Å². The molecule has 0 aromatic carbocycles. The fourth-order valence-corrected chi connectivity index (χ4v) is 1.93. The summed E-state index contributed by atoms with van der Waals surface area (Å²) in [7, 11) is 0. The van der Waals surface area contributed by atoms with Crippen molar-refractivity contribution in [2.24, 2.45) is 5.92 Å². The number of hydrogen-bond acceptors (Lipinski definition) is 4. The third-order valence-electron chi connectivity index (χ3n) is 3.04. The Bertz CT molecular complexity index is 298. The number of rotatable bonds is 4. The maximum Gasteiger partial charge on any atom is 0.0982 e. The molecule has 4 heteroatoms. The molecule has 1 aromatic rings. The predicted octanol–water partition coefficient (Wildman–Crippen LogP) is 1.55. The van der Waals surface area contributed by atoms with Crippen molar-refractivity contribution in [3.05, 3.63) is 24.3 Å². The van der Waals surface area contributed by atoms with Crippen molar-refractivity contribution in [3.63, 3.8) is 0 Å². The molecule has 88 valence electrons. The molecule has 0 unspecified atom stereocenters. The van der Waals surface area contributed by atoms with E-state index in [1.54, 1.807) is 18.6 Å². The third kappa shape index (κ3) is 3.25. The second kappa shape index (κ2) is 5.92. The van der Waals surface area contributed by atoms with Crippen molar-refractivity contribution in [1.29, 1.82) is 0 Å². The molecule has 1 aromatic heterocycles. The SMILES string of the molecule is C[C@@H](OCC1CCNCC1)c1cnccn1. The van der Waals surface area contributed by atoms with Crippen molar-refractivity contribution in [3.8, 4) is 0 Å². The van der Waals surface area contributed by atoms with Gasteiger partial charge in [-0.3, -0.25) is 9.97 Å². The van der Waals surface area contributed by atoms with Crippen LogP contribution in [0.5, 0.6) is 0 Å². The smallest absolute Gasteiger partial charge is 0.0982 e. The second-order valence-electron chi connectivity index (χ2n) is 4.30. The first kappa shape index (κ1) is 11.5. The molecule has 0 saturated carbocycles. The van der Waals surface area contributed by atoms with Crippen LogP contribution in [0.3, 0.4) is 0 Å². The Kier molecular flexibility index (Phi) is 4.25. The van der Waals surface area contributed by atoms with E-state index in [-0.39, 0.29) is 6.10 Å². The van der Waals surface area contributed by atoms with Crippen LogP contribution in [0.2, 0.25) is 0 Å². The number of ether oxygens (including phenoxy) is 1. The van der Waals surface area contributed by atoms with Crippen LogP contribution in [0.25, 0.3) is 0 Å². The van der Waals surface area contributed by atoms with E-state index in [4.69, 9.17) is 4.74 Å². The Morgan fingerprint density at radius 2 is 2.25 bits per heavy atom. The Labute approximate surface area is 96.4 Å². The highest BCUT2D eigenvalue weighted by atomic mass is 16.5. The van der Waals surface area contributed by atoms with Gasteiger partial charge < -0.3 is 10.1 Å². The highest BCUT2D eigenvalue weighted by molar-refractivity contribution is 4.97. The molecule has 1 aliphatic heterocycles. The molecule has 0 radical (unpaired) electrons. The molecule has 16 heavy (non-hydrogen) atoms. The molecular formula is C12H19N3O. The van der Waals surface area contributed by atoms with E-state index in [0.717, 1.165) is 25.4 Å². The van der Waals surface area contributed by atoms with Crippen LogP contribution < -0.4 is 5.32 Å². The number of piperidine rings is 1. The molecule has 0 spiro atoms. The fraction of sp³-hybridized carbons (Fsp3) is 0.667. The van der Waals surface area contributed by atoms with E-state index < -0.39 is 0 Å². The first-order chi connectivity index (χ1) is 7.86. The minimum Gasteiger partial charge on any atom is -0.372 e. The summed E-state index contributed by atoms with van der Waals surface area (Å²) >= 11 is 0. The van der Waals surface area contributed by atoms with Crippen LogP contribution in [0.15, 0.2) is 18.6 Å². The number of nitrogens with one attached hydrogen (secondary N) is 1. The van der Waals surface area contributed by atoms with Gasteiger partial charge in [-0.1, -0.05) is 0 Å². The Morgan fingerprint density at radius 3 is 2.94 bits per heavy atom. The molecule has 0 bridgehead atoms. The molecule has 0 aliphatic carbocycles. The molecular weight excluding hydrogens is 202 g/mol. The second-order valence-corrected chi connectivity index (χ2v) is 4.30. The van der Waals surface area contributed by atoms with Crippen molar-refractivity contribution >= 4 is 0 Å². The minimum absolute atomic E-state index is 0.0450. The summed E-state index contributed by atoms with van der Waals surface area (Å²) in [6.45, 7) is 5.10. The molecule has 1 atom stereocenters. The van der Waals surface area contributed by atoms with E-state index in [2.05, 4.69) is 15.3 Å². The van der Waals surface area contributed by atoms with Gasteiger partial charge in [0.05, 0.1) is 24.6 Å². The van der Waals surface area contributed by atoms with Gasteiger partial charge in [-0.25, -0.2) is 0 Å². The van der Waals surface area contributed by atoms with Gasteiger partial charge in [-0.2, -0.15) is 0 Å². The van der Waals surface area contributed by atoms with Crippen LogP contribution >= 0.6 is 0 Å². The number of hydrogen-bond donors (Lipinski definition) is 1. The lowest BCUT2D eigenvalue weighted by Gasteiger charge is -2.23. The van der Waals surface area contributed by atoms with Crippen LogP contribution in [0.4, 0.5) is 0 Å². The average Bonchev–Trinajstić information content (AvgIpc) is 2.38. The third-order valence-corrected chi connectivity index (χ3v) is 3.04. The van der Waals surface area contributed by atoms with Gasteiger partial charge in [0.25, 0.3) is 0 Å². The Morgan fingerprint density at radius 1 is 1.44 bits per heavy atom. The first-order valence-corrected chi connectivity index (χ1v) is 5.94. The number of aromatic nitrogens is 2. The topological polar surface area (TPSA) is 47.0 Å². The molecule has 0 amide bonds. The molecule has 1 aliphatic rings. The minimum atomic E-state index is 0.0450. The zero-order chi connectivity index (χ0) is 11.2. The largest absolute Gasteiger partial charge is 0.372 e. The molecule has 1 N–H and O–H groups in total. The van der Waals surface area contributed by atoms with Gasteiger partial charge in [-0.05, 0) is 38.8 Å². The van der Waals surface area contributed by atoms with Crippen LogP contribution in [-0.2, 0) is 4.74 Å². The normalized spacial score (nSPS) is 19.6. The van der Waals surface area contributed by atoms with Gasteiger partial charge in [-0.15, -0.1) is 0 Å². The lowest BCUT2D eigenvalue weighted by molar-refractivity contribution is 0.0295. The highest BCUT2D eigenvalue weighted by Crippen LogP contribution is 2.18. The van der Waals surface area contributed by atoms with E-state index in [9.17, 15) is 0 Å². The number of nitrogens with zero attached hydrogens (tertiary/aromatic N) is 2.